The summed E-state index contributed by atoms with van der Waals surface area (Å²) in [4.78, 5) is 26.9. The van der Waals surface area contributed by atoms with Crippen LogP contribution in [0, 0.1) is 5.92 Å². The van der Waals surface area contributed by atoms with Gasteiger partial charge in [0, 0.05) is 5.56 Å². The summed E-state index contributed by atoms with van der Waals surface area (Å²) in [6, 6.07) is 8.77. The maximum absolute atomic E-state index is 12.9. The molecule has 2 rings (SSSR count). The number of nitrogens with zero attached hydrogens (tertiary/aromatic N) is 1. The second-order valence-corrected chi connectivity index (χ2v) is 5.58. The molecule has 4 heteroatoms. The minimum Gasteiger partial charge on any atom is -0.469 e. The maximum Gasteiger partial charge on any atom is 0.310 e. The molecule has 114 valence electrons. The lowest BCUT2D eigenvalue weighted by Gasteiger charge is -2.36. The maximum atomic E-state index is 12.9. The Morgan fingerprint density at radius 1 is 1.10 bits per heavy atom. The van der Waals surface area contributed by atoms with Crippen LogP contribution in [0.1, 0.15) is 36.5 Å². The zero-order valence-corrected chi connectivity index (χ0v) is 12.7. The molecule has 0 aromatic heterocycles. The normalized spacial score (nSPS) is 18.8. The Bertz CT molecular complexity index is 480. The van der Waals surface area contributed by atoms with Gasteiger partial charge in [0.15, 0.2) is 5.78 Å². The van der Waals surface area contributed by atoms with Crippen molar-refractivity contribution < 1.29 is 14.3 Å². The average Bonchev–Trinajstić information content (AvgIpc) is 2.56. The molecule has 0 saturated carbocycles. The third kappa shape index (κ3) is 3.70. The molecule has 0 spiro atoms. The lowest BCUT2D eigenvalue weighted by atomic mass is 9.90. The van der Waals surface area contributed by atoms with E-state index in [1.54, 1.807) is 6.92 Å². The summed E-state index contributed by atoms with van der Waals surface area (Å²) in [6.45, 7) is 3.51. The fraction of sp³-hybridized carbons (Fsp3) is 0.529. The Kier molecular flexibility index (Phi) is 5.51. The van der Waals surface area contributed by atoms with Gasteiger partial charge in [-0.25, -0.2) is 0 Å². The van der Waals surface area contributed by atoms with E-state index >= 15 is 0 Å². The molecule has 4 nitrogen and oxygen atoms in total. The summed E-state index contributed by atoms with van der Waals surface area (Å²) >= 11 is 0. The average molecular weight is 289 g/mol. The van der Waals surface area contributed by atoms with Gasteiger partial charge in [0.2, 0.25) is 0 Å². The number of ketones is 1. The van der Waals surface area contributed by atoms with Crippen molar-refractivity contribution in [2.24, 2.45) is 5.92 Å². The van der Waals surface area contributed by atoms with Crippen LogP contribution in [0.5, 0.6) is 0 Å². The highest BCUT2D eigenvalue weighted by Gasteiger charge is 2.36. The number of Topliss-reactive ketones (excluding diaryl/α,β-unsaturated/α-hetero) is 1. The van der Waals surface area contributed by atoms with Gasteiger partial charge in [-0.05, 0) is 32.9 Å². The van der Waals surface area contributed by atoms with E-state index in [-0.39, 0.29) is 11.8 Å². The van der Waals surface area contributed by atoms with E-state index in [0.717, 1.165) is 25.9 Å². The lowest BCUT2D eigenvalue weighted by molar-refractivity contribution is -0.146. The second kappa shape index (κ2) is 7.36. The highest BCUT2D eigenvalue weighted by Crippen LogP contribution is 2.22. The van der Waals surface area contributed by atoms with Crippen molar-refractivity contribution in [1.82, 2.24) is 4.90 Å². The van der Waals surface area contributed by atoms with Gasteiger partial charge >= 0.3 is 5.97 Å². The molecule has 0 N–H and O–H groups in total. The predicted octanol–water partition coefficient (Wildman–Crippen LogP) is 2.53. The molecule has 2 unspecified atom stereocenters. The first-order chi connectivity index (χ1) is 10.1. The summed E-state index contributed by atoms with van der Waals surface area (Å²) in [5.41, 5.74) is 0.656. The van der Waals surface area contributed by atoms with Gasteiger partial charge in [-0.2, -0.15) is 0 Å². The zero-order chi connectivity index (χ0) is 15.2. The van der Waals surface area contributed by atoms with E-state index in [1.165, 1.54) is 13.5 Å². The van der Waals surface area contributed by atoms with Crippen LogP contribution >= 0.6 is 0 Å². The quantitative estimate of drug-likeness (QED) is 0.617. The number of benzene rings is 1. The van der Waals surface area contributed by atoms with Crippen molar-refractivity contribution in [2.75, 3.05) is 20.2 Å². The number of carbonyl (C=O) groups is 2. The highest BCUT2D eigenvalue weighted by molar-refractivity contribution is 6.02. The molecule has 1 aliphatic heterocycles. The number of piperidine rings is 1. The van der Waals surface area contributed by atoms with Crippen molar-refractivity contribution >= 4 is 11.8 Å². The van der Waals surface area contributed by atoms with E-state index in [0.29, 0.717) is 5.56 Å². The molecule has 0 amide bonds. The second-order valence-electron chi connectivity index (χ2n) is 5.58. The molecular formula is C17H23NO3. The van der Waals surface area contributed by atoms with E-state index in [4.69, 9.17) is 4.74 Å². The smallest absolute Gasteiger partial charge is 0.310 e. The van der Waals surface area contributed by atoms with Crippen molar-refractivity contribution in [1.29, 1.82) is 0 Å². The van der Waals surface area contributed by atoms with Crippen LogP contribution in [-0.2, 0) is 9.53 Å². The van der Waals surface area contributed by atoms with Crippen LogP contribution in [0.4, 0.5) is 0 Å². The van der Waals surface area contributed by atoms with Gasteiger partial charge in [-0.1, -0.05) is 36.8 Å². The van der Waals surface area contributed by atoms with Crippen LogP contribution in [0.2, 0.25) is 0 Å². The van der Waals surface area contributed by atoms with Crippen LogP contribution in [0.25, 0.3) is 0 Å². The Morgan fingerprint density at radius 2 is 1.71 bits per heavy atom. The number of ether oxygens (including phenoxy) is 1. The monoisotopic (exact) mass is 289 g/mol. The van der Waals surface area contributed by atoms with Crippen LogP contribution in [-0.4, -0.2) is 42.9 Å². The SMILES string of the molecule is COC(=O)C(C)C(C(=O)c1ccccc1)N1CCCCC1. The first kappa shape index (κ1) is 15.7. The molecule has 0 aliphatic carbocycles. The Morgan fingerprint density at radius 3 is 2.29 bits per heavy atom. The number of carbonyl (C=O) groups excluding carboxylic acids is 2. The Labute approximate surface area is 126 Å². The van der Waals surface area contributed by atoms with Crippen LogP contribution in [0.3, 0.4) is 0 Å². The Balaban J connectivity index is 2.26. The van der Waals surface area contributed by atoms with E-state index in [9.17, 15) is 9.59 Å². The van der Waals surface area contributed by atoms with E-state index in [1.807, 2.05) is 30.3 Å². The molecule has 2 atom stereocenters. The topological polar surface area (TPSA) is 46.6 Å². The number of rotatable bonds is 5. The third-order valence-electron chi connectivity index (χ3n) is 4.16. The van der Waals surface area contributed by atoms with Crippen molar-refractivity contribution in [2.45, 2.75) is 32.2 Å². The standard InChI is InChI=1S/C17H23NO3/c1-13(17(20)21-2)15(18-11-7-4-8-12-18)16(19)14-9-5-3-6-10-14/h3,5-6,9-10,13,15H,4,7-8,11-12H2,1-2H3. The summed E-state index contributed by atoms with van der Waals surface area (Å²) in [6.07, 6.45) is 3.34. The Hall–Kier alpha value is -1.68. The third-order valence-corrected chi connectivity index (χ3v) is 4.16. The molecule has 21 heavy (non-hydrogen) atoms. The molecule has 0 bridgehead atoms. The zero-order valence-electron chi connectivity index (χ0n) is 12.7. The highest BCUT2D eigenvalue weighted by atomic mass is 16.5. The number of hydrogen-bond acceptors (Lipinski definition) is 4. The minimum absolute atomic E-state index is 0.00963. The summed E-state index contributed by atoms with van der Waals surface area (Å²) in [5, 5.41) is 0. The van der Waals surface area contributed by atoms with Gasteiger partial charge < -0.3 is 4.74 Å². The van der Waals surface area contributed by atoms with Gasteiger partial charge in [0.1, 0.15) is 0 Å². The molecule has 1 saturated heterocycles. The lowest BCUT2D eigenvalue weighted by Crippen LogP contribution is -2.50. The van der Waals surface area contributed by atoms with Crippen molar-refractivity contribution in [3.8, 4) is 0 Å². The number of likely N-dealkylation sites (tertiary alicyclic amines) is 1. The molecule has 1 fully saturated rings. The number of methoxy groups -OCH3 is 1. The molecule has 1 aromatic rings. The van der Waals surface area contributed by atoms with E-state index < -0.39 is 12.0 Å². The summed E-state index contributed by atoms with van der Waals surface area (Å²) in [5.74, 6) is -0.772. The fourth-order valence-corrected chi connectivity index (χ4v) is 2.99. The van der Waals surface area contributed by atoms with Gasteiger partial charge in [-0.15, -0.1) is 0 Å². The van der Waals surface area contributed by atoms with Crippen LogP contribution < -0.4 is 0 Å². The van der Waals surface area contributed by atoms with Gasteiger partial charge in [-0.3, -0.25) is 14.5 Å². The van der Waals surface area contributed by atoms with Crippen LogP contribution in [0.15, 0.2) is 30.3 Å². The molecule has 1 aliphatic rings. The first-order valence-electron chi connectivity index (χ1n) is 7.56. The fourth-order valence-electron chi connectivity index (χ4n) is 2.99. The molecule has 1 heterocycles. The number of esters is 1. The molecule has 1 aromatic carbocycles. The minimum atomic E-state index is -0.458. The van der Waals surface area contributed by atoms with E-state index in [2.05, 4.69) is 4.90 Å². The van der Waals surface area contributed by atoms with Crippen molar-refractivity contribution in [3.05, 3.63) is 35.9 Å². The largest absolute Gasteiger partial charge is 0.469 e. The first-order valence-corrected chi connectivity index (χ1v) is 7.56. The number of hydrogen-bond donors (Lipinski definition) is 0. The molecular weight excluding hydrogens is 266 g/mol. The summed E-state index contributed by atoms with van der Waals surface area (Å²) in [7, 11) is 1.37. The predicted molar refractivity (Wildman–Crippen MR) is 81.2 cm³/mol. The molecule has 0 radical (unpaired) electrons. The summed E-state index contributed by atoms with van der Waals surface area (Å²) < 4.78 is 4.85. The van der Waals surface area contributed by atoms with Gasteiger partial charge in [0.05, 0.1) is 19.1 Å². The van der Waals surface area contributed by atoms with Gasteiger partial charge in [0.25, 0.3) is 0 Å². The van der Waals surface area contributed by atoms with Crippen molar-refractivity contribution in [3.63, 3.8) is 0 Å².